The van der Waals surface area contributed by atoms with Crippen molar-refractivity contribution >= 4 is 35.9 Å². The Morgan fingerprint density at radius 2 is 1.76 bits per heavy atom. The van der Waals surface area contributed by atoms with Crippen LogP contribution in [0.4, 0.5) is 13.2 Å². The first-order valence-electron chi connectivity index (χ1n) is 9.13. The van der Waals surface area contributed by atoms with E-state index in [9.17, 15) is 18.0 Å². The van der Waals surface area contributed by atoms with Crippen LogP contribution in [0.3, 0.4) is 0 Å². The van der Waals surface area contributed by atoms with Crippen molar-refractivity contribution in [2.45, 2.75) is 52.6 Å². The molecule has 0 bridgehead atoms. The molecule has 29 heavy (non-hydrogen) atoms. The molecule has 0 unspecified atom stereocenters. The molecule has 0 fully saturated rings. The van der Waals surface area contributed by atoms with Gasteiger partial charge in [-0.05, 0) is 31.9 Å². The highest BCUT2D eigenvalue weighted by Gasteiger charge is 2.27. The molecule has 1 rings (SSSR count). The predicted molar refractivity (Wildman–Crippen MR) is 116 cm³/mol. The van der Waals surface area contributed by atoms with Gasteiger partial charge in [0.2, 0.25) is 0 Å². The first kappa shape index (κ1) is 27.4. The number of guanidine groups is 1. The monoisotopic (exact) mass is 531 g/mol. The fourth-order valence-corrected chi connectivity index (χ4v) is 2.14. The van der Waals surface area contributed by atoms with Gasteiger partial charge in [-0.3, -0.25) is 4.79 Å². The molecule has 2 N–H and O–H groups in total. The van der Waals surface area contributed by atoms with E-state index in [1.54, 1.807) is 38.1 Å². The summed E-state index contributed by atoms with van der Waals surface area (Å²) in [6.07, 6.45) is -4.23. The normalized spacial score (nSPS) is 11.8. The third-order valence-electron chi connectivity index (χ3n) is 3.31. The van der Waals surface area contributed by atoms with Gasteiger partial charge in [0, 0.05) is 13.1 Å². The molecule has 0 saturated heterocycles. The molecule has 0 aliphatic rings. The number of nitrogens with zero attached hydrogens (tertiary/aromatic N) is 1. The minimum absolute atomic E-state index is 0. The number of nitrogens with one attached hydrogen (secondary N) is 2. The van der Waals surface area contributed by atoms with Crippen LogP contribution in [0.15, 0.2) is 29.3 Å². The van der Waals surface area contributed by atoms with Crippen LogP contribution in [0.2, 0.25) is 0 Å². The summed E-state index contributed by atoms with van der Waals surface area (Å²) in [5, 5.41) is 6.14. The van der Waals surface area contributed by atoms with Crippen LogP contribution in [0.25, 0.3) is 0 Å². The van der Waals surface area contributed by atoms with Crippen LogP contribution >= 0.6 is 24.0 Å². The van der Waals surface area contributed by atoms with Crippen LogP contribution in [0.5, 0.6) is 0 Å². The van der Waals surface area contributed by atoms with Crippen molar-refractivity contribution in [3.05, 3.63) is 35.4 Å². The lowest BCUT2D eigenvalue weighted by Gasteiger charge is -2.12. The lowest BCUT2D eigenvalue weighted by molar-refractivity contribution is -0.176. The molecule has 0 aromatic heterocycles. The number of hydrogen-bond acceptors (Lipinski definition) is 4. The van der Waals surface area contributed by atoms with Crippen molar-refractivity contribution in [3.8, 4) is 0 Å². The van der Waals surface area contributed by atoms with E-state index in [1.807, 2.05) is 6.92 Å². The Kier molecular flexibility index (Phi) is 13.7. The molecule has 1 aromatic carbocycles. The maximum absolute atomic E-state index is 12.1. The summed E-state index contributed by atoms with van der Waals surface area (Å²) in [4.78, 5) is 16.0. The van der Waals surface area contributed by atoms with E-state index in [-0.39, 0.29) is 49.1 Å². The summed E-state index contributed by atoms with van der Waals surface area (Å²) in [7, 11) is 0. The quantitative estimate of drug-likeness (QED) is 0.208. The van der Waals surface area contributed by atoms with E-state index in [1.165, 1.54) is 0 Å². The SMILES string of the molecule is CCNC(=NCc1ccc(COCC(F)(F)F)cc1)NCCC(=O)OC(C)C.I. The highest BCUT2D eigenvalue weighted by Crippen LogP contribution is 2.16. The largest absolute Gasteiger partial charge is 0.463 e. The van der Waals surface area contributed by atoms with Crippen LogP contribution in [-0.4, -0.2) is 43.9 Å². The number of carbonyl (C=O) groups is 1. The van der Waals surface area contributed by atoms with Gasteiger partial charge in [-0.25, -0.2) is 4.99 Å². The van der Waals surface area contributed by atoms with Crippen molar-refractivity contribution in [1.82, 2.24) is 10.6 Å². The molecule has 166 valence electrons. The van der Waals surface area contributed by atoms with Gasteiger partial charge < -0.3 is 20.1 Å². The Hall–Kier alpha value is -1.56. The molecular formula is C19H29F3IN3O3. The number of halogens is 4. The second-order valence-electron chi connectivity index (χ2n) is 6.34. The number of aliphatic imine (C=N–C) groups is 1. The lowest BCUT2D eigenvalue weighted by Crippen LogP contribution is -2.38. The van der Waals surface area contributed by atoms with Crippen molar-refractivity contribution in [1.29, 1.82) is 0 Å². The highest BCUT2D eigenvalue weighted by atomic mass is 127. The molecule has 6 nitrogen and oxygen atoms in total. The summed E-state index contributed by atoms with van der Waals surface area (Å²) < 4.78 is 45.9. The minimum Gasteiger partial charge on any atom is -0.463 e. The first-order valence-corrected chi connectivity index (χ1v) is 9.13. The van der Waals surface area contributed by atoms with Gasteiger partial charge in [0.05, 0.1) is 25.7 Å². The predicted octanol–water partition coefficient (Wildman–Crippen LogP) is 3.78. The average molecular weight is 531 g/mol. The fourth-order valence-electron chi connectivity index (χ4n) is 2.14. The first-order chi connectivity index (χ1) is 13.2. The summed E-state index contributed by atoms with van der Waals surface area (Å²) in [6.45, 7) is 5.61. The Morgan fingerprint density at radius 3 is 2.31 bits per heavy atom. The number of esters is 1. The minimum atomic E-state index is -4.32. The zero-order valence-electron chi connectivity index (χ0n) is 16.8. The van der Waals surface area contributed by atoms with Gasteiger partial charge in [0.15, 0.2) is 5.96 Å². The molecular weight excluding hydrogens is 502 g/mol. The highest BCUT2D eigenvalue weighted by molar-refractivity contribution is 14.0. The van der Waals surface area contributed by atoms with Crippen molar-refractivity contribution < 1.29 is 27.4 Å². The zero-order chi connectivity index (χ0) is 21.0. The third kappa shape index (κ3) is 14.1. The number of rotatable bonds is 10. The third-order valence-corrected chi connectivity index (χ3v) is 3.31. The second kappa shape index (κ2) is 14.4. The maximum Gasteiger partial charge on any atom is 0.411 e. The second-order valence-corrected chi connectivity index (χ2v) is 6.34. The number of alkyl halides is 3. The van der Waals surface area contributed by atoms with Gasteiger partial charge in [0.1, 0.15) is 6.61 Å². The van der Waals surface area contributed by atoms with Crippen molar-refractivity contribution in [3.63, 3.8) is 0 Å². The van der Waals surface area contributed by atoms with Gasteiger partial charge in [-0.1, -0.05) is 24.3 Å². The van der Waals surface area contributed by atoms with Gasteiger partial charge in [0.25, 0.3) is 0 Å². The van der Waals surface area contributed by atoms with Crippen LogP contribution in [0, 0.1) is 0 Å². The zero-order valence-corrected chi connectivity index (χ0v) is 19.2. The molecule has 0 heterocycles. The van der Waals surface area contributed by atoms with E-state index in [4.69, 9.17) is 4.74 Å². The number of carbonyl (C=O) groups excluding carboxylic acids is 1. The summed E-state index contributed by atoms with van der Waals surface area (Å²) in [6, 6.07) is 7.01. The standard InChI is InChI=1S/C19H28F3N3O3.HI/c1-4-23-18(24-10-9-17(26)28-14(2)3)25-11-15-5-7-16(8-6-15)12-27-13-19(20,21)22;/h5-8,14H,4,9-13H2,1-3H3,(H2,23,24,25);1H. The molecule has 0 spiro atoms. The molecule has 0 amide bonds. The maximum atomic E-state index is 12.1. The smallest absolute Gasteiger partial charge is 0.411 e. The van der Waals surface area contributed by atoms with E-state index in [0.717, 1.165) is 5.56 Å². The fraction of sp³-hybridized carbons (Fsp3) is 0.579. The lowest BCUT2D eigenvalue weighted by atomic mass is 10.1. The van der Waals surface area contributed by atoms with Gasteiger partial charge in [-0.2, -0.15) is 13.2 Å². The average Bonchev–Trinajstić information content (AvgIpc) is 2.59. The Morgan fingerprint density at radius 1 is 1.14 bits per heavy atom. The molecule has 0 atom stereocenters. The van der Waals surface area contributed by atoms with Crippen LogP contribution < -0.4 is 10.6 Å². The molecule has 0 aliphatic heterocycles. The van der Waals surface area contributed by atoms with E-state index >= 15 is 0 Å². The molecule has 10 heteroatoms. The summed E-state index contributed by atoms with van der Waals surface area (Å²) >= 11 is 0. The van der Waals surface area contributed by atoms with Crippen LogP contribution in [-0.2, 0) is 27.4 Å². The van der Waals surface area contributed by atoms with E-state index in [2.05, 4.69) is 20.4 Å². The Bertz CT molecular complexity index is 623. The van der Waals surface area contributed by atoms with Gasteiger partial charge in [-0.15, -0.1) is 24.0 Å². The molecule has 1 aromatic rings. The number of benzene rings is 1. The molecule has 0 radical (unpaired) electrons. The number of hydrogen-bond donors (Lipinski definition) is 2. The van der Waals surface area contributed by atoms with Gasteiger partial charge >= 0.3 is 12.1 Å². The van der Waals surface area contributed by atoms with Crippen molar-refractivity contribution in [2.75, 3.05) is 19.7 Å². The molecule has 0 saturated carbocycles. The topological polar surface area (TPSA) is 72.0 Å². The Balaban J connectivity index is 0.00000784. The molecule has 0 aliphatic carbocycles. The number of ether oxygens (including phenoxy) is 2. The summed E-state index contributed by atoms with van der Waals surface area (Å²) in [5.74, 6) is 0.291. The van der Waals surface area contributed by atoms with Crippen LogP contribution in [0.1, 0.15) is 38.3 Å². The van der Waals surface area contributed by atoms with E-state index < -0.39 is 12.8 Å². The summed E-state index contributed by atoms with van der Waals surface area (Å²) in [5.41, 5.74) is 1.56. The van der Waals surface area contributed by atoms with E-state index in [0.29, 0.717) is 31.2 Å². The van der Waals surface area contributed by atoms with Crippen molar-refractivity contribution in [2.24, 2.45) is 4.99 Å². The Labute approximate surface area is 186 Å².